The van der Waals surface area contributed by atoms with E-state index in [0.717, 1.165) is 30.0 Å². The molecule has 0 radical (unpaired) electrons. The van der Waals surface area contributed by atoms with Crippen molar-refractivity contribution in [1.29, 1.82) is 0 Å². The molecule has 35 heavy (non-hydrogen) atoms. The third-order valence-electron chi connectivity index (χ3n) is 5.61. The number of allylic oxidation sites excluding steroid dienone is 2. The van der Waals surface area contributed by atoms with Crippen molar-refractivity contribution >= 4 is 33.0 Å². The quantitative estimate of drug-likeness (QED) is 0.343. The summed E-state index contributed by atoms with van der Waals surface area (Å²) in [6, 6.07) is 9.20. The Hall–Kier alpha value is -3.27. The Balaban J connectivity index is 1.75. The van der Waals surface area contributed by atoms with E-state index in [4.69, 9.17) is 4.74 Å². The molecule has 4 rings (SSSR count). The molecule has 0 atom stereocenters. The van der Waals surface area contributed by atoms with Gasteiger partial charge in [0.15, 0.2) is 5.69 Å². The smallest absolute Gasteiger partial charge is 0.433 e. The monoisotopic (exact) mass is 552 g/mol. The fourth-order valence-corrected chi connectivity index (χ4v) is 4.39. The summed E-state index contributed by atoms with van der Waals surface area (Å²) in [5.74, 6) is -3.06. The Morgan fingerprint density at radius 2 is 1.80 bits per heavy atom. The van der Waals surface area contributed by atoms with Gasteiger partial charge < -0.3 is 14.6 Å². The summed E-state index contributed by atoms with van der Waals surface area (Å²) in [5.41, 5.74) is -0.187. The van der Waals surface area contributed by atoms with E-state index < -0.39 is 35.0 Å². The lowest BCUT2D eigenvalue weighted by Crippen LogP contribution is -2.27. The molecule has 1 aromatic heterocycles. The average Bonchev–Trinajstić information content (AvgIpc) is 3.28. The first-order valence-electron chi connectivity index (χ1n) is 10.4. The van der Waals surface area contributed by atoms with Crippen molar-refractivity contribution in [3.8, 4) is 5.75 Å². The molecule has 2 aromatic carbocycles. The van der Waals surface area contributed by atoms with Crippen LogP contribution in [0.5, 0.6) is 5.75 Å². The van der Waals surface area contributed by atoms with Gasteiger partial charge in [0.2, 0.25) is 0 Å². The predicted octanol–water partition coefficient (Wildman–Crippen LogP) is 6.18. The van der Waals surface area contributed by atoms with Crippen LogP contribution in [0.1, 0.15) is 52.0 Å². The van der Waals surface area contributed by atoms with Crippen LogP contribution in [0.15, 0.2) is 53.1 Å². The predicted molar refractivity (Wildman–Crippen MR) is 119 cm³/mol. The first kappa shape index (κ1) is 24.8. The van der Waals surface area contributed by atoms with Gasteiger partial charge in [0, 0.05) is 33.4 Å². The molecule has 0 N–H and O–H groups in total. The van der Waals surface area contributed by atoms with Crippen LogP contribution in [-0.2, 0) is 12.8 Å². The van der Waals surface area contributed by atoms with Crippen LogP contribution >= 0.6 is 15.9 Å². The van der Waals surface area contributed by atoms with Gasteiger partial charge in [-0.2, -0.15) is 13.2 Å². The minimum atomic E-state index is -4.94. The lowest BCUT2D eigenvalue weighted by molar-refractivity contribution is -0.255. The molecule has 3 aromatic rings. The highest BCUT2D eigenvalue weighted by molar-refractivity contribution is 9.10. The highest BCUT2D eigenvalue weighted by Gasteiger charge is 2.36. The summed E-state index contributed by atoms with van der Waals surface area (Å²) >= 11 is 3.39. The number of carbonyl (C=O) groups excluding carboxylic acids is 1. The minimum Gasteiger partial charge on any atom is -0.545 e. The van der Waals surface area contributed by atoms with Gasteiger partial charge >= 0.3 is 6.18 Å². The Bertz CT molecular complexity index is 1340. The van der Waals surface area contributed by atoms with Gasteiger partial charge in [-0.3, -0.25) is 4.98 Å². The van der Waals surface area contributed by atoms with Crippen molar-refractivity contribution < 1.29 is 36.6 Å². The summed E-state index contributed by atoms with van der Waals surface area (Å²) in [6.45, 7) is -0.181. The molecule has 0 fully saturated rings. The van der Waals surface area contributed by atoms with Crippen molar-refractivity contribution in [3.63, 3.8) is 0 Å². The maximum atomic E-state index is 14.0. The average molecular weight is 553 g/mol. The summed E-state index contributed by atoms with van der Waals surface area (Å²) < 4.78 is 73.4. The highest BCUT2D eigenvalue weighted by Crippen LogP contribution is 2.44. The Morgan fingerprint density at radius 3 is 2.49 bits per heavy atom. The van der Waals surface area contributed by atoms with Gasteiger partial charge in [-0.1, -0.05) is 15.9 Å². The lowest BCUT2D eigenvalue weighted by atomic mass is 9.96. The lowest BCUT2D eigenvalue weighted by Gasteiger charge is -2.17. The second-order valence-electron chi connectivity index (χ2n) is 7.88. The molecular formula is C25H16BrF5NO3-. The fourth-order valence-electron chi connectivity index (χ4n) is 4.03. The number of carbonyl (C=O) groups is 1. The molecule has 0 saturated carbocycles. The third kappa shape index (κ3) is 5.37. The van der Waals surface area contributed by atoms with E-state index in [1.807, 2.05) is 0 Å². The maximum Gasteiger partial charge on any atom is 0.433 e. The van der Waals surface area contributed by atoms with Crippen LogP contribution in [0.25, 0.3) is 11.1 Å². The van der Waals surface area contributed by atoms with Crippen LogP contribution in [0.4, 0.5) is 22.0 Å². The molecule has 1 aliphatic carbocycles. The van der Waals surface area contributed by atoms with E-state index in [2.05, 4.69) is 20.9 Å². The molecule has 0 spiro atoms. The molecule has 0 aliphatic heterocycles. The number of hydrogen-bond donors (Lipinski definition) is 0. The number of benzene rings is 2. The van der Waals surface area contributed by atoms with Crippen molar-refractivity contribution in [2.24, 2.45) is 0 Å². The van der Waals surface area contributed by atoms with Crippen molar-refractivity contribution in [3.05, 3.63) is 92.7 Å². The van der Waals surface area contributed by atoms with E-state index in [0.29, 0.717) is 40.6 Å². The van der Waals surface area contributed by atoms with E-state index in [-0.39, 0.29) is 17.7 Å². The Labute approximate surface area is 205 Å². The number of aromatic nitrogens is 1. The number of ether oxygens (including phenoxy) is 1. The zero-order valence-corrected chi connectivity index (χ0v) is 19.5. The molecule has 182 valence electrons. The van der Waals surface area contributed by atoms with Crippen LogP contribution in [0.3, 0.4) is 0 Å². The van der Waals surface area contributed by atoms with E-state index in [1.165, 1.54) is 6.07 Å². The number of hydrogen-bond acceptors (Lipinski definition) is 4. The largest absolute Gasteiger partial charge is 0.545 e. The topological polar surface area (TPSA) is 62.2 Å². The van der Waals surface area contributed by atoms with E-state index >= 15 is 0 Å². The molecule has 10 heteroatoms. The molecule has 0 amide bonds. The van der Waals surface area contributed by atoms with E-state index in [9.17, 15) is 31.9 Å². The standard InChI is InChI=1S/C25H17BrF5NO3/c26-15-5-7-22(35-12-13-4-6-16(27)10-21(13)28)19(9-15)18-3-1-2-17(18)14-8-20(24(33)34)23(32-11-14)25(29,30)31/h4-11H,1-3,12H2,(H,33,34)/p-1. The van der Waals surface area contributed by atoms with Crippen LogP contribution in [0, 0.1) is 11.6 Å². The van der Waals surface area contributed by atoms with Gasteiger partial charge in [0.1, 0.15) is 24.0 Å². The molecule has 0 bridgehead atoms. The van der Waals surface area contributed by atoms with Gasteiger partial charge in [0.25, 0.3) is 0 Å². The first-order chi connectivity index (χ1) is 16.5. The van der Waals surface area contributed by atoms with Crippen molar-refractivity contribution in [2.45, 2.75) is 32.0 Å². The zero-order valence-electron chi connectivity index (χ0n) is 17.9. The number of aromatic carboxylic acids is 1. The van der Waals surface area contributed by atoms with Gasteiger partial charge in [0.05, 0.1) is 5.97 Å². The van der Waals surface area contributed by atoms with Crippen molar-refractivity contribution in [2.75, 3.05) is 0 Å². The molecule has 0 saturated heterocycles. The number of nitrogens with zero attached hydrogens (tertiary/aromatic N) is 1. The normalized spacial score (nSPS) is 13.9. The van der Waals surface area contributed by atoms with Gasteiger partial charge in [-0.05, 0) is 72.4 Å². The zero-order chi connectivity index (χ0) is 25.3. The van der Waals surface area contributed by atoms with Gasteiger partial charge in [-0.25, -0.2) is 8.78 Å². The molecule has 0 unspecified atom stereocenters. The van der Waals surface area contributed by atoms with Crippen LogP contribution in [-0.4, -0.2) is 11.0 Å². The summed E-state index contributed by atoms with van der Waals surface area (Å²) in [7, 11) is 0. The maximum absolute atomic E-state index is 14.0. The Morgan fingerprint density at radius 1 is 1.06 bits per heavy atom. The SMILES string of the molecule is O=C([O-])c1cc(C2=C(c3cc(Br)ccc3OCc3ccc(F)cc3F)CCC2)cnc1C(F)(F)F. The van der Waals surface area contributed by atoms with Gasteiger partial charge in [-0.15, -0.1) is 0 Å². The van der Waals surface area contributed by atoms with E-state index in [1.54, 1.807) is 18.2 Å². The molecule has 1 aliphatic rings. The highest BCUT2D eigenvalue weighted by atomic mass is 79.9. The second kappa shape index (κ2) is 9.77. The second-order valence-corrected chi connectivity index (χ2v) is 8.80. The molecule has 1 heterocycles. The number of carboxylic acids is 1. The number of rotatable bonds is 6. The van der Waals surface area contributed by atoms with Crippen LogP contribution < -0.4 is 9.84 Å². The summed E-state index contributed by atoms with van der Waals surface area (Å²) in [6.07, 6.45) is -2.24. The minimum absolute atomic E-state index is 0.145. The molecular weight excluding hydrogens is 537 g/mol. The van der Waals surface area contributed by atoms with Crippen molar-refractivity contribution in [1.82, 2.24) is 4.98 Å². The number of pyridine rings is 1. The molecule has 4 nitrogen and oxygen atoms in total. The number of alkyl halides is 3. The summed E-state index contributed by atoms with van der Waals surface area (Å²) in [4.78, 5) is 14.8. The summed E-state index contributed by atoms with van der Waals surface area (Å²) in [5, 5.41) is 11.4. The van der Waals surface area contributed by atoms with Crippen LogP contribution in [0.2, 0.25) is 0 Å². The number of halogens is 6. The third-order valence-corrected chi connectivity index (χ3v) is 6.10. The first-order valence-corrected chi connectivity index (χ1v) is 11.2. The fraction of sp³-hybridized carbons (Fsp3) is 0.200. The number of carboxylic acid groups (broad SMARTS) is 1. The Kier molecular flexibility index (Phi) is 6.93.